The fourth-order valence-electron chi connectivity index (χ4n) is 2.80. The molecule has 0 atom stereocenters. The summed E-state index contributed by atoms with van der Waals surface area (Å²) in [5, 5.41) is 10.0. The van der Waals surface area contributed by atoms with Crippen LogP contribution in [-0.4, -0.2) is 53.8 Å². The molecule has 0 bridgehead atoms. The second kappa shape index (κ2) is 4.83. The number of carbonyl (C=O) groups is 1. The minimum absolute atomic E-state index is 0.368. The van der Waals surface area contributed by atoms with Crippen molar-refractivity contribution in [2.75, 3.05) is 38.1 Å². The summed E-state index contributed by atoms with van der Waals surface area (Å²) in [6, 6.07) is 6.04. The molecule has 3 rings (SSSR count). The van der Waals surface area contributed by atoms with Crippen molar-refractivity contribution in [3.8, 4) is 0 Å². The van der Waals surface area contributed by atoms with Crippen molar-refractivity contribution < 1.29 is 9.90 Å². The number of hydrogen-bond donors (Lipinski definition) is 1. The van der Waals surface area contributed by atoms with Crippen LogP contribution >= 0.6 is 0 Å². The highest BCUT2D eigenvalue weighted by atomic mass is 16.4. The SMILES string of the molecule is CN1CCN(c2ccc3c(C(=O)O)cn(C)c3c2)CC1. The van der Waals surface area contributed by atoms with Gasteiger partial charge in [0.05, 0.1) is 11.1 Å². The molecule has 0 saturated carbocycles. The van der Waals surface area contributed by atoms with Gasteiger partial charge in [-0.3, -0.25) is 0 Å². The Kier molecular flexibility index (Phi) is 3.14. The first-order valence-electron chi connectivity index (χ1n) is 6.82. The molecule has 5 nitrogen and oxygen atoms in total. The van der Waals surface area contributed by atoms with Gasteiger partial charge in [-0.25, -0.2) is 4.79 Å². The van der Waals surface area contributed by atoms with E-state index in [-0.39, 0.29) is 0 Å². The summed E-state index contributed by atoms with van der Waals surface area (Å²) in [5.74, 6) is -0.872. The summed E-state index contributed by atoms with van der Waals surface area (Å²) in [7, 11) is 4.03. The molecule has 0 unspecified atom stereocenters. The molecule has 2 aromatic rings. The van der Waals surface area contributed by atoms with Crippen LogP contribution in [0.15, 0.2) is 24.4 Å². The lowest BCUT2D eigenvalue weighted by Gasteiger charge is -2.34. The van der Waals surface area contributed by atoms with Crippen LogP contribution in [0.2, 0.25) is 0 Å². The number of likely N-dealkylation sites (N-methyl/N-ethyl adjacent to an activating group) is 1. The normalized spacial score (nSPS) is 16.8. The van der Waals surface area contributed by atoms with E-state index >= 15 is 0 Å². The van der Waals surface area contributed by atoms with Gasteiger partial charge in [-0.05, 0) is 25.2 Å². The summed E-state index contributed by atoms with van der Waals surface area (Å²) in [5.41, 5.74) is 2.51. The van der Waals surface area contributed by atoms with E-state index in [1.807, 2.05) is 23.7 Å². The summed E-state index contributed by atoms with van der Waals surface area (Å²) in [4.78, 5) is 15.9. The fourth-order valence-corrected chi connectivity index (χ4v) is 2.80. The first-order valence-corrected chi connectivity index (χ1v) is 6.82. The van der Waals surface area contributed by atoms with E-state index in [9.17, 15) is 9.90 Å². The van der Waals surface area contributed by atoms with Crippen LogP contribution < -0.4 is 4.90 Å². The molecule has 1 aromatic carbocycles. The number of nitrogens with zero attached hydrogens (tertiary/aromatic N) is 3. The quantitative estimate of drug-likeness (QED) is 0.903. The first-order chi connectivity index (χ1) is 9.56. The Bertz CT molecular complexity index is 654. The highest BCUT2D eigenvalue weighted by Crippen LogP contribution is 2.26. The average molecular weight is 273 g/mol. The number of hydrogen-bond acceptors (Lipinski definition) is 3. The van der Waals surface area contributed by atoms with Gasteiger partial charge in [0.2, 0.25) is 0 Å². The third-order valence-electron chi connectivity index (χ3n) is 4.07. The Balaban J connectivity index is 1.99. The number of aryl methyl sites for hydroxylation is 1. The zero-order chi connectivity index (χ0) is 14.3. The van der Waals surface area contributed by atoms with Crippen LogP contribution in [-0.2, 0) is 7.05 Å². The molecule has 0 radical (unpaired) electrons. The zero-order valence-electron chi connectivity index (χ0n) is 11.8. The van der Waals surface area contributed by atoms with E-state index in [1.165, 1.54) is 5.69 Å². The van der Waals surface area contributed by atoms with Gasteiger partial charge in [-0.15, -0.1) is 0 Å². The van der Waals surface area contributed by atoms with Crippen molar-refractivity contribution in [3.05, 3.63) is 30.0 Å². The van der Waals surface area contributed by atoms with Crippen molar-refractivity contribution in [2.45, 2.75) is 0 Å². The van der Waals surface area contributed by atoms with Crippen LogP contribution in [0, 0.1) is 0 Å². The molecule has 1 aliphatic rings. The summed E-state index contributed by atoms with van der Waals surface area (Å²) >= 11 is 0. The number of carboxylic acid groups (broad SMARTS) is 1. The maximum absolute atomic E-state index is 11.2. The number of anilines is 1. The molecule has 5 heteroatoms. The van der Waals surface area contributed by atoms with E-state index < -0.39 is 5.97 Å². The number of carboxylic acids is 1. The molecule has 1 N–H and O–H groups in total. The molecule has 1 aromatic heterocycles. The standard InChI is InChI=1S/C15H19N3O2/c1-16-5-7-18(8-6-16)11-3-4-12-13(15(19)20)10-17(2)14(12)9-11/h3-4,9-10H,5-8H2,1-2H3,(H,19,20). The highest BCUT2D eigenvalue weighted by Gasteiger charge is 2.17. The van der Waals surface area contributed by atoms with Gasteiger partial charge in [0.15, 0.2) is 0 Å². The Hall–Kier alpha value is -2.01. The molecule has 1 fully saturated rings. The van der Waals surface area contributed by atoms with Crippen molar-refractivity contribution >= 4 is 22.6 Å². The van der Waals surface area contributed by atoms with E-state index in [4.69, 9.17) is 0 Å². The second-order valence-corrected chi connectivity index (χ2v) is 5.45. The molecular weight excluding hydrogens is 254 g/mol. The van der Waals surface area contributed by atoms with Gasteiger partial charge in [0, 0.05) is 50.5 Å². The van der Waals surface area contributed by atoms with Crippen LogP contribution in [0.3, 0.4) is 0 Å². The summed E-state index contributed by atoms with van der Waals surface area (Å²) in [6.07, 6.45) is 1.68. The van der Waals surface area contributed by atoms with Crippen LogP contribution in [0.1, 0.15) is 10.4 Å². The Morgan fingerprint density at radius 1 is 1.15 bits per heavy atom. The fraction of sp³-hybridized carbons (Fsp3) is 0.400. The average Bonchev–Trinajstić information content (AvgIpc) is 2.77. The predicted octanol–water partition coefficient (Wildman–Crippen LogP) is 1.63. The molecule has 2 heterocycles. The number of aromatic nitrogens is 1. The third-order valence-corrected chi connectivity index (χ3v) is 4.07. The van der Waals surface area contributed by atoms with Gasteiger partial charge < -0.3 is 19.5 Å². The number of benzene rings is 1. The second-order valence-electron chi connectivity index (χ2n) is 5.45. The lowest BCUT2D eigenvalue weighted by atomic mass is 10.1. The Labute approximate surface area is 118 Å². The van der Waals surface area contributed by atoms with Crippen LogP contribution in [0.5, 0.6) is 0 Å². The number of aromatic carboxylic acids is 1. The van der Waals surface area contributed by atoms with Crippen molar-refractivity contribution in [1.29, 1.82) is 0 Å². The number of piperazine rings is 1. The first kappa shape index (κ1) is 13.0. The molecule has 0 amide bonds. The highest BCUT2D eigenvalue weighted by molar-refractivity contribution is 6.04. The van der Waals surface area contributed by atoms with E-state index in [0.717, 1.165) is 37.1 Å². The lowest BCUT2D eigenvalue weighted by molar-refractivity contribution is 0.0699. The van der Waals surface area contributed by atoms with Gasteiger partial charge in [-0.2, -0.15) is 0 Å². The largest absolute Gasteiger partial charge is 0.478 e. The van der Waals surface area contributed by atoms with E-state index in [0.29, 0.717) is 5.56 Å². The van der Waals surface area contributed by atoms with Crippen LogP contribution in [0.25, 0.3) is 10.9 Å². The summed E-state index contributed by atoms with van der Waals surface area (Å²) < 4.78 is 1.89. The van der Waals surface area contributed by atoms with Crippen LogP contribution in [0.4, 0.5) is 5.69 Å². The molecular formula is C15H19N3O2. The van der Waals surface area contributed by atoms with Gasteiger partial charge in [0.1, 0.15) is 0 Å². The zero-order valence-corrected chi connectivity index (χ0v) is 11.8. The minimum atomic E-state index is -0.872. The van der Waals surface area contributed by atoms with Gasteiger partial charge in [0.25, 0.3) is 0 Å². The topological polar surface area (TPSA) is 48.7 Å². The van der Waals surface area contributed by atoms with E-state index in [2.05, 4.69) is 22.9 Å². The molecule has 0 aliphatic carbocycles. The smallest absolute Gasteiger partial charge is 0.337 e. The lowest BCUT2D eigenvalue weighted by Crippen LogP contribution is -2.44. The molecule has 1 saturated heterocycles. The van der Waals surface area contributed by atoms with Gasteiger partial charge in [-0.1, -0.05) is 0 Å². The summed E-state index contributed by atoms with van der Waals surface area (Å²) in [6.45, 7) is 4.15. The minimum Gasteiger partial charge on any atom is -0.478 e. The number of rotatable bonds is 2. The predicted molar refractivity (Wildman–Crippen MR) is 79.6 cm³/mol. The van der Waals surface area contributed by atoms with Crippen molar-refractivity contribution in [3.63, 3.8) is 0 Å². The monoisotopic (exact) mass is 273 g/mol. The Morgan fingerprint density at radius 3 is 2.50 bits per heavy atom. The van der Waals surface area contributed by atoms with Gasteiger partial charge >= 0.3 is 5.97 Å². The van der Waals surface area contributed by atoms with Crippen molar-refractivity contribution in [2.24, 2.45) is 7.05 Å². The maximum atomic E-state index is 11.2. The molecule has 1 aliphatic heterocycles. The maximum Gasteiger partial charge on any atom is 0.337 e. The van der Waals surface area contributed by atoms with E-state index in [1.54, 1.807) is 6.20 Å². The third kappa shape index (κ3) is 2.14. The molecule has 106 valence electrons. The Morgan fingerprint density at radius 2 is 1.85 bits per heavy atom. The molecule has 0 spiro atoms. The molecule has 20 heavy (non-hydrogen) atoms. The number of fused-ring (bicyclic) bond motifs is 1. The van der Waals surface area contributed by atoms with Crippen molar-refractivity contribution in [1.82, 2.24) is 9.47 Å².